The van der Waals surface area contributed by atoms with E-state index < -0.39 is 0 Å². The maximum absolute atomic E-state index is 13.2. The Kier molecular flexibility index (Phi) is 4.41. The molecular weight excluding hydrogens is 245 g/mol. The molecule has 19 heavy (non-hydrogen) atoms. The number of aromatic nitrogens is 2. The molecule has 5 heteroatoms. The zero-order chi connectivity index (χ0) is 13.7. The third kappa shape index (κ3) is 3.99. The second-order valence-electron chi connectivity index (χ2n) is 4.39. The average Bonchev–Trinajstić information content (AvgIpc) is 2.38. The Labute approximate surface area is 111 Å². The average molecular weight is 261 g/mol. The fourth-order valence-electron chi connectivity index (χ4n) is 1.74. The highest BCUT2D eigenvalue weighted by atomic mass is 19.1. The van der Waals surface area contributed by atoms with Crippen LogP contribution in [-0.4, -0.2) is 16.0 Å². The highest BCUT2D eigenvalue weighted by Crippen LogP contribution is 2.21. The molecule has 2 N–H and O–H groups in total. The van der Waals surface area contributed by atoms with Gasteiger partial charge in [-0.15, -0.1) is 0 Å². The van der Waals surface area contributed by atoms with E-state index >= 15 is 0 Å². The minimum atomic E-state index is -0.293. The maximum Gasteiger partial charge on any atom is 0.166 e. The topological polar surface area (TPSA) is 61.0 Å². The quantitative estimate of drug-likeness (QED) is 0.895. The van der Waals surface area contributed by atoms with Crippen molar-refractivity contribution in [1.29, 1.82) is 0 Å². The SMILES string of the molecule is CC(N)Cc1cc(F)ccc1OCc1ncccn1. The summed E-state index contributed by atoms with van der Waals surface area (Å²) in [5.41, 5.74) is 6.50. The number of halogens is 1. The predicted molar refractivity (Wildman–Crippen MR) is 70.1 cm³/mol. The largest absolute Gasteiger partial charge is 0.485 e. The van der Waals surface area contributed by atoms with E-state index in [1.165, 1.54) is 12.1 Å². The van der Waals surface area contributed by atoms with Crippen LogP contribution in [0.4, 0.5) is 4.39 Å². The smallest absolute Gasteiger partial charge is 0.166 e. The van der Waals surface area contributed by atoms with Crippen LogP contribution in [0.15, 0.2) is 36.7 Å². The first-order chi connectivity index (χ1) is 9.15. The van der Waals surface area contributed by atoms with Gasteiger partial charge in [0, 0.05) is 18.4 Å². The minimum absolute atomic E-state index is 0.0582. The first kappa shape index (κ1) is 13.4. The summed E-state index contributed by atoms with van der Waals surface area (Å²) in [5, 5.41) is 0. The fourth-order valence-corrected chi connectivity index (χ4v) is 1.74. The first-order valence-corrected chi connectivity index (χ1v) is 6.08. The second-order valence-corrected chi connectivity index (χ2v) is 4.39. The fraction of sp³-hybridized carbons (Fsp3) is 0.286. The molecule has 4 nitrogen and oxygen atoms in total. The van der Waals surface area contributed by atoms with Gasteiger partial charge in [0.15, 0.2) is 5.82 Å². The Bertz CT molecular complexity index is 531. The van der Waals surface area contributed by atoms with Crippen molar-refractivity contribution in [1.82, 2.24) is 9.97 Å². The molecule has 100 valence electrons. The number of nitrogens with zero attached hydrogens (tertiary/aromatic N) is 2. The molecule has 0 aliphatic heterocycles. The van der Waals surface area contributed by atoms with Crippen LogP contribution in [0.25, 0.3) is 0 Å². The van der Waals surface area contributed by atoms with Gasteiger partial charge in [0.25, 0.3) is 0 Å². The van der Waals surface area contributed by atoms with Gasteiger partial charge < -0.3 is 10.5 Å². The van der Waals surface area contributed by atoms with Crippen molar-refractivity contribution in [2.45, 2.75) is 26.0 Å². The van der Waals surface area contributed by atoms with Gasteiger partial charge in [0.1, 0.15) is 18.2 Å². The van der Waals surface area contributed by atoms with Crippen molar-refractivity contribution in [3.63, 3.8) is 0 Å². The molecule has 1 unspecified atom stereocenters. The van der Waals surface area contributed by atoms with Crippen molar-refractivity contribution in [2.24, 2.45) is 5.73 Å². The molecule has 0 saturated heterocycles. The van der Waals surface area contributed by atoms with Gasteiger partial charge in [0.05, 0.1) is 0 Å². The third-order valence-corrected chi connectivity index (χ3v) is 2.54. The molecule has 0 amide bonds. The Morgan fingerprint density at radius 1 is 1.32 bits per heavy atom. The molecule has 0 aliphatic rings. The summed E-state index contributed by atoms with van der Waals surface area (Å²) in [5.74, 6) is 0.906. The van der Waals surface area contributed by atoms with E-state index in [1.807, 2.05) is 6.92 Å². The summed E-state index contributed by atoms with van der Waals surface area (Å²) in [6.07, 6.45) is 3.86. The Morgan fingerprint density at radius 3 is 2.74 bits per heavy atom. The van der Waals surface area contributed by atoms with Gasteiger partial charge in [-0.1, -0.05) is 0 Å². The molecule has 0 radical (unpaired) electrons. The van der Waals surface area contributed by atoms with Crippen LogP contribution in [0.1, 0.15) is 18.3 Å². The van der Waals surface area contributed by atoms with Crippen molar-refractivity contribution in [2.75, 3.05) is 0 Å². The number of hydrogen-bond acceptors (Lipinski definition) is 4. The normalized spacial score (nSPS) is 12.2. The zero-order valence-corrected chi connectivity index (χ0v) is 10.7. The van der Waals surface area contributed by atoms with E-state index in [1.54, 1.807) is 24.5 Å². The lowest BCUT2D eigenvalue weighted by molar-refractivity contribution is 0.291. The van der Waals surface area contributed by atoms with Gasteiger partial charge in [-0.3, -0.25) is 0 Å². The lowest BCUT2D eigenvalue weighted by Gasteiger charge is -2.12. The lowest BCUT2D eigenvalue weighted by atomic mass is 10.1. The Balaban J connectivity index is 2.11. The molecule has 0 saturated carbocycles. The molecule has 1 aromatic carbocycles. The van der Waals surface area contributed by atoms with Gasteiger partial charge in [0.2, 0.25) is 0 Å². The first-order valence-electron chi connectivity index (χ1n) is 6.08. The number of hydrogen-bond donors (Lipinski definition) is 1. The van der Waals surface area contributed by atoms with Gasteiger partial charge in [-0.05, 0) is 43.2 Å². The second kappa shape index (κ2) is 6.24. The molecule has 1 atom stereocenters. The molecule has 0 aliphatic carbocycles. The molecule has 0 spiro atoms. The summed E-state index contributed by atoms with van der Waals surface area (Å²) in [6.45, 7) is 2.12. The molecule has 1 heterocycles. The summed E-state index contributed by atoms with van der Waals surface area (Å²) < 4.78 is 18.9. The zero-order valence-electron chi connectivity index (χ0n) is 10.7. The van der Waals surface area contributed by atoms with Crippen molar-refractivity contribution >= 4 is 0 Å². The summed E-state index contributed by atoms with van der Waals surface area (Å²) in [6, 6.07) is 6.10. The van der Waals surface area contributed by atoms with Crippen LogP contribution < -0.4 is 10.5 Å². The molecule has 1 aromatic heterocycles. The van der Waals surface area contributed by atoms with Crippen LogP contribution in [0, 0.1) is 5.82 Å². The number of rotatable bonds is 5. The van der Waals surface area contributed by atoms with Gasteiger partial charge in [-0.25, -0.2) is 14.4 Å². The molecular formula is C14H16FN3O. The van der Waals surface area contributed by atoms with Gasteiger partial charge in [-0.2, -0.15) is 0 Å². The van der Waals surface area contributed by atoms with E-state index in [4.69, 9.17) is 10.5 Å². The Morgan fingerprint density at radius 2 is 2.05 bits per heavy atom. The van der Waals surface area contributed by atoms with Crippen LogP contribution >= 0.6 is 0 Å². The van der Waals surface area contributed by atoms with Crippen LogP contribution in [0.2, 0.25) is 0 Å². The molecule has 0 bridgehead atoms. The van der Waals surface area contributed by atoms with E-state index in [0.717, 1.165) is 5.56 Å². The van der Waals surface area contributed by atoms with Crippen LogP contribution in [0.3, 0.4) is 0 Å². The highest BCUT2D eigenvalue weighted by Gasteiger charge is 2.08. The van der Waals surface area contributed by atoms with E-state index in [9.17, 15) is 4.39 Å². The van der Waals surface area contributed by atoms with Crippen molar-refractivity contribution < 1.29 is 9.13 Å². The van der Waals surface area contributed by atoms with Crippen LogP contribution in [-0.2, 0) is 13.0 Å². The Hall–Kier alpha value is -2.01. The molecule has 2 rings (SSSR count). The number of ether oxygens (including phenoxy) is 1. The van der Waals surface area contributed by atoms with E-state index in [2.05, 4.69) is 9.97 Å². The van der Waals surface area contributed by atoms with Crippen LogP contribution in [0.5, 0.6) is 5.75 Å². The lowest BCUT2D eigenvalue weighted by Crippen LogP contribution is -2.18. The summed E-state index contributed by atoms with van der Waals surface area (Å²) >= 11 is 0. The summed E-state index contributed by atoms with van der Waals surface area (Å²) in [7, 11) is 0. The molecule has 2 aromatic rings. The van der Waals surface area contributed by atoms with Gasteiger partial charge >= 0.3 is 0 Å². The van der Waals surface area contributed by atoms with Crippen molar-refractivity contribution in [3.05, 3.63) is 53.9 Å². The van der Waals surface area contributed by atoms with E-state index in [0.29, 0.717) is 18.0 Å². The van der Waals surface area contributed by atoms with Crippen molar-refractivity contribution in [3.8, 4) is 5.75 Å². The minimum Gasteiger partial charge on any atom is -0.485 e. The molecule has 0 fully saturated rings. The number of nitrogens with two attached hydrogens (primary N) is 1. The monoisotopic (exact) mass is 261 g/mol. The number of benzene rings is 1. The highest BCUT2D eigenvalue weighted by molar-refractivity contribution is 5.34. The predicted octanol–water partition coefficient (Wildman–Crippen LogP) is 2.08. The maximum atomic E-state index is 13.2. The van der Waals surface area contributed by atoms with E-state index in [-0.39, 0.29) is 18.5 Å². The third-order valence-electron chi connectivity index (χ3n) is 2.54. The summed E-state index contributed by atoms with van der Waals surface area (Å²) in [4.78, 5) is 8.13. The standard InChI is InChI=1S/C14H16FN3O/c1-10(16)7-11-8-12(15)3-4-13(11)19-9-14-17-5-2-6-18-14/h2-6,8,10H,7,9,16H2,1H3.